The standard InChI is InChI=1S/C12H25BO3/c1-11(2,3)7-9(12(4,5)6)10(14)15-8-16-13/h9H,7-8,13H2,1-6H3. The third-order valence-corrected chi connectivity index (χ3v) is 2.47. The minimum absolute atomic E-state index is 0.0373. The van der Waals surface area contributed by atoms with Gasteiger partial charge in [0.2, 0.25) is 0 Å². The second-order valence-electron chi connectivity index (χ2n) is 6.55. The van der Waals surface area contributed by atoms with Crippen molar-refractivity contribution in [2.75, 3.05) is 6.79 Å². The molecule has 0 rings (SSSR count). The quantitative estimate of drug-likeness (QED) is 0.420. The lowest BCUT2D eigenvalue weighted by Gasteiger charge is -2.33. The average molecular weight is 228 g/mol. The molecule has 0 N–H and O–H groups in total. The number of carbonyl (C=O) groups excluding carboxylic acids is 1. The van der Waals surface area contributed by atoms with Gasteiger partial charge in [-0.05, 0) is 17.3 Å². The Bertz CT molecular complexity index is 225. The van der Waals surface area contributed by atoms with Gasteiger partial charge in [0.1, 0.15) is 0 Å². The topological polar surface area (TPSA) is 35.5 Å². The van der Waals surface area contributed by atoms with Gasteiger partial charge < -0.3 is 9.39 Å². The second kappa shape index (κ2) is 5.71. The Labute approximate surface area is 100 Å². The lowest BCUT2D eigenvalue weighted by molar-refractivity contribution is -0.160. The van der Waals surface area contributed by atoms with E-state index in [1.165, 1.54) is 8.05 Å². The van der Waals surface area contributed by atoms with Gasteiger partial charge in [0.15, 0.2) is 6.79 Å². The van der Waals surface area contributed by atoms with Crippen molar-refractivity contribution in [1.82, 2.24) is 0 Å². The molecule has 0 bridgehead atoms. The molecular weight excluding hydrogens is 203 g/mol. The summed E-state index contributed by atoms with van der Waals surface area (Å²) in [6.07, 6.45) is 0.818. The fourth-order valence-corrected chi connectivity index (χ4v) is 1.57. The Morgan fingerprint density at radius 2 is 1.69 bits per heavy atom. The van der Waals surface area contributed by atoms with Crippen LogP contribution in [0, 0.1) is 16.7 Å². The zero-order valence-electron chi connectivity index (χ0n) is 11.7. The first-order valence-electron chi connectivity index (χ1n) is 5.73. The summed E-state index contributed by atoms with van der Waals surface area (Å²) >= 11 is 0. The van der Waals surface area contributed by atoms with Gasteiger partial charge in [-0.15, -0.1) is 0 Å². The molecule has 0 spiro atoms. The van der Waals surface area contributed by atoms with Crippen LogP contribution in [0.3, 0.4) is 0 Å². The molecular formula is C12H25BO3. The molecule has 1 unspecified atom stereocenters. The third kappa shape index (κ3) is 6.16. The predicted octanol–water partition coefficient (Wildman–Crippen LogP) is 2.15. The number of esters is 1. The summed E-state index contributed by atoms with van der Waals surface area (Å²) in [5.41, 5.74) is 0.0299. The van der Waals surface area contributed by atoms with E-state index in [2.05, 4.69) is 41.5 Å². The van der Waals surface area contributed by atoms with Gasteiger partial charge in [-0.2, -0.15) is 0 Å². The highest BCUT2D eigenvalue weighted by Crippen LogP contribution is 2.36. The van der Waals surface area contributed by atoms with E-state index in [4.69, 9.17) is 9.39 Å². The molecule has 0 aliphatic heterocycles. The zero-order chi connectivity index (χ0) is 13.0. The largest absolute Gasteiger partial charge is 0.440 e. The molecule has 4 heteroatoms. The van der Waals surface area contributed by atoms with Crippen molar-refractivity contribution in [2.24, 2.45) is 16.7 Å². The minimum atomic E-state index is -0.163. The smallest absolute Gasteiger partial charge is 0.311 e. The second-order valence-corrected chi connectivity index (χ2v) is 6.55. The SMILES string of the molecule is BOCOC(=O)C(CC(C)(C)C)C(C)(C)C. The molecule has 0 amide bonds. The number of rotatable bonds is 4. The third-order valence-electron chi connectivity index (χ3n) is 2.47. The Balaban J connectivity index is 4.62. The van der Waals surface area contributed by atoms with Gasteiger partial charge in [0, 0.05) is 0 Å². The van der Waals surface area contributed by atoms with Gasteiger partial charge in [-0.3, -0.25) is 4.79 Å². The molecule has 0 aromatic rings. The molecule has 1 atom stereocenters. The van der Waals surface area contributed by atoms with E-state index in [0.717, 1.165) is 6.42 Å². The molecule has 0 radical (unpaired) electrons. The van der Waals surface area contributed by atoms with Gasteiger partial charge >= 0.3 is 5.97 Å². The predicted molar refractivity (Wildman–Crippen MR) is 67.6 cm³/mol. The van der Waals surface area contributed by atoms with Crippen LogP contribution >= 0.6 is 0 Å². The molecule has 94 valence electrons. The highest BCUT2D eigenvalue weighted by Gasteiger charge is 2.35. The van der Waals surface area contributed by atoms with Crippen molar-refractivity contribution in [1.29, 1.82) is 0 Å². The fraction of sp³-hybridized carbons (Fsp3) is 0.917. The number of ether oxygens (including phenoxy) is 1. The number of hydrogen-bond donors (Lipinski definition) is 0. The molecule has 0 aromatic heterocycles. The fourth-order valence-electron chi connectivity index (χ4n) is 1.57. The molecule has 0 saturated heterocycles. The highest BCUT2D eigenvalue weighted by atomic mass is 16.7. The highest BCUT2D eigenvalue weighted by molar-refractivity contribution is 5.97. The Morgan fingerprint density at radius 3 is 2.00 bits per heavy atom. The van der Waals surface area contributed by atoms with Crippen LogP contribution < -0.4 is 0 Å². The Morgan fingerprint density at radius 1 is 1.19 bits per heavy atom. The van der Waals surface area contributed by atoms with E-state index in [9.17, 15) is 4.79 Å². The van der Waals surface area contributed by atoms with Crippen LogP contribution in [0.15, 0.2) is 0 Å². The molecule has 3 nitrogen and oxygen atoms in total. The van der Waals surface area contributed by atoms with Gasteiger partial charge in [-0.25, -0.2) is 0 Å². The molecule has 0 saturated carbocycles. The maximum atomic E-state index is 11.9. The van der Waals surface area contributed by atoms with Crippen molar-refractivity contribution in [3.63, 3.8) is 0 Å². The first-order valence-corrected chi connectivity index (χ1v) is 5.73. The molecule has 0 aromatic carbocycles. The Kier molecular flexibility index (Phi) is 5.53. The van der Waals surface area contributed by atoms with Crippen LogP contribution in [-0.4, -0.2) is 20.8 Å². The normalized spacial score (nSPS) is 14.6. The van der Waals surface area contributed by atoms with Crippen LogP contribution in [-0.2, 0) is 14.2 Å². The first-order chi connectivity index (χ1) is 7.08. The van der Waals surface area contributed by atoms with Crippen LogP contribution in [0.2, 0.25) is 0 Å². The van der Waals surface area contributed by atoms with Crippen LogP contribution in [0.1, 0.15) is 48.0 Å². The lowest BCUT2D eigenvalue weighted by atomic mass is 9.72. The van der Waals surface area contributed by atoms with Crippen molar-refractivity contribution in [2.45, 2.75) is 48.0 Å². The van der Waals surface area contributed by atoms with E-state index in [1.807, 2.05) is 0 Å². The first kappa shape index (κ1) is 15.5. The van der Waals surface area contributed by atoms with Gasteiger partial charge in [0.05, 0.1) is 5.92 Å². The molecule has 0 aliphatic carbocycles. The molecule has 16 heavy (non-hydrogen) atoms. The van der Waals surface area contributed by atoms with Crippen LogP contribution in [0.4, 0.5) is 0 Å². The van der Waals surface area contributed by atoms with Crippen LogP contribution in [0.25, 0.3) is 0 Å². The van der Waals surface area contributed by atoms with Crippen LogP contribution in [0.5, 0.6) is 0 Å². The van der Waals surface area contributed by atoms with E-state index < -0.39 is 0 Å². The van der Waals surface area contributed by atoms with Crippen molar-refractivity contribution < 1.29 is 14.2 Å². The number of hydrogen-bond acceptors (Lipinski definition) is 3. The summed E-state index contributed by atoms with van der Waals surface area (Å²) in [6, 6.07) is 0. The van der Waals surface area contributed by atoms with E-state index in [-0.39, 0.29) is 29.5 Å². The maximum Gasteiger partial charge on any atom is 0.311 e. The number of carbonyl (C=O) groups is 1. The average Bonchev–Trinajstić information content (AvgIpc) is 2.07. The minimum Gasteiger partial charge on any atom is -0.440 e. The Hall–Kier alpha value is -0.505. The maximum absolute atomic E-state index is 11.9. The summed E-state index contributed by atoms with van der Waals surface area (Å²) in [7, 11) is 1.52. The van der Waals surface area contributed by atoms with E-state index >= 15 is 0 Å². The summed E-state index contributed by atoms with van der Waals surface area (Å²) in [5, 5.41) is 0. The zero-order valence-corrected chi connectivity index (χ0v) is 11.7. The van der Waals surface area contributed by atoms with Gasteiger partial charge in [0.25, 0.3) is 8.05 Å². The van der Waals surface area contributed by atoms with Gasteiger partial charge in [-0.1, -0.05) is 41.5 Å². The van der Waals surface area contributed by atoms with Crippen molar-refractivity contribution >= 4 is 14.0 Å². The molecule has 0 fully saturated rings. The summed E-state index contributed by atoms with van der Waals surface area (Å²) in [6.45, 7) is 12.6. The van der Waals surface area contributed by atoms with E-state index in [1.54, 1.807) is 0 Å². The lowest BCUT2D eigenvalue weighted by Crippen LogP contribution is -2.34. The molecule has 0 aliphatic rings. The van der Waals surface area contributed by atoms with Crippen molar-refractivity contribution in [3.05, 3.63) is 0 Å². The molecule has 0 heterocycles. The summed E-state index contributed by atoms with van der Waals surface area (Å²) in [4.78, 5) is 11.9. The van der Waals surface area contributed by atoms with Crippen molar-refractivity contribution in [3.8, 4) is 0 Å². The summed E-state index contributed by atoms with van der Waals surface area (Å²) < 4.78 is 9.83. The van der Waals surface area contributed by atoms with E-state index in [0.29, 0.717) is 0 Å². The monoisotopic (exact) mass is 228 g/mol. The summed E-state index contributed by atoms with van der Waals surface area (Å²) in [5.74, 6) is -0.257.